The third-order valence-corrected chi connectivity index (χ3v) is 14.9. The standard InChI is InChI=1S/C43H57N5O11S/c1-4-27-23-43(27,41(51)47-60(53,54)29-16-17-29)46-39(49)32-20-28-24-48(32)40(50)38(25-11-7-6-8-12-25)45-42(52)59-34-15-9-14-33(34)57-18-10-13-26-19-30-31(21-35(26)55-3)44-37(56-5-2)22-36(30)58-28/h4,19,21-22,25,27-29,32-34,38H,1,5-18,20,23-24H2,2-3H3,(H,45,52)(H,46,49)(H,47,51)/t27-,28+,32-,33-,34-,38-,43-/m0/s1. The van der Waals surface area contributed by atoms with Crippen LogP contribution in [0, 0.1) is 11.8 Å². The molecular formula is C43H57N5O11S. The maximum absolute atomic E-state index is 15.1. The van der Waals surface area contributed by atoms with E-state index >= 15 is 4.79 Å². The van der Waals surface area contributed by atoms with Gasteiger partial charge in [0.1, 0.15) is 41.3 Å². The summed E-state index contributed by atoms with van der Waals surface area (Å²) in [6.07, 6.45) is 8.07. The summed E-state index contributed by atoms with van der Waals surface area (Å²) in [4.78, 5) is 63.3. The first-order chi connectivity index (χ1) is 28.9. The maximum atomic E-state index is 15.1. The average Bonchev–Trinajstić information content (AvgIpc) is 4.13. The Bertz CT molecular complexity index is 2110. The molecule has 3 N–H and O–H groups in total. The van der Waals surface area contributed by atoms with Crippen molar-refractivity contribution in [2.45, 2.75) is 138 Å². The summed E-state index contributed by atoms with van der Waals surface area (Å²) in [7, 11) is -2.31. The van der Waals surface area contributed by atoms with E-state index < -0.39 is 74.8 Å². The Labute approximate surface area is 350 Å². The number of carbonyl (C=O) groups is 4. The molecule has 4 bridgehead atoms. The van der Waals surface area contributed by atoms with Crippen LogP contribution in [0.1, 0.15) is 96.0 Å². The number of rotatable bonds is 10. The van der Waals surface area contributed by atoms with E-state index in [1.54, 1.807) is 13.2 Å². The van der Waals surface area contributed by atoms with E-state index in [2.05, 4.69) is 21.9 Å². The van der Waals surface area contributed by atoms with Gasteiger partial charge in [-0.2, -0.15) is 0 Å². The van der Waals surface area contributed by atoms with Crippen molar-refractivity contribution in [3.63, 3.8) is 0 Å². The second-order valence-corrected chi connectivity index (χ2v) is 19.1. The lowest BCUT2D eigenvalue weighted by atomic mass is 9.83. The summed E-state index contributed by atoms with van der Waals surface area (Å²) in [6, 6.07) is 3.38. The molecule has 8 rings (SSSR count). The van der Waals surface area contributed by atoms with Crippen LogP contribution in [0.25, 0.3) is 10.9 Å². The number of fused-ring (bicyclic) bond motifs is 4. The van der Waals surface area contributed by atoms with Gasteiger partial charge in [0.2, 0.25) is 27.7 Å². The first-order valence-corrected chi connectivity index (χ1v) is 23.2. The maximum Gasteiger partial charge on any atom is 0.408 e. The molecule has 0 spiro atoms. The van der Waals surface area contributed by atoms with Crippen LogP contribution in [-0.4, -0.2) is 110 Å². The fourth-order valence-electron chi connectivity index (χ4n) is 9.56. The van der Waals surface area contributed by atoms with Gasteiger partial charge < -0.3 is 39.2 Å². The molecule has 0 unspecified atom stereocenters. The highest BCUT2D eigenvalue weighted by molar-refractivity contribution is 7.91. The summed E-state index contributed by atoms with van der Waals surface area (Å²) in [5.41, 5.74) is -0.0821. The molecule has 326 valence electrons. The fourth-order valence-corrected chi connectivity index (χ4v) is 10.9. The lowest BCUT2D eigenvalue weighted by Gasteiger charge is -2.35. The molecule has 2 aromatic rings. The van der Waals surface area contributed by atoms with Crippen LogP contribution in [0.3, 0.4) is 0 Å². The number of methoxy groups -OCH3 is 1. The molecule has 4 saturated carbocycles. The number of hydrogen-bond donors (Lipinski definition) is 3. The summed E-state index contributed by atoms with van der Waals surface area (Å²) in [5.74, 6) is -1.27. The zero-order valence-corrected chi connectivity index (χ0v) is 35.3. The zero-order valence-electron chi connectivity index (χ0n) is 34.4. The van der Waals surface area contributed by atoms with Gasteiger partial charge >= 0.3 is 6.09 Å². The molecule has 16 nitrogen and oxygen atoms in total. The van der Waals surface area contributed by atoms with Gasteiger partial charge in [0.05, 0.1) is 37.1 Å². The monoisotopic (exact) mass is 851 g/mol. The van der Waals surface area contributed by atoms with Crippen LogP contribution in [0.4, 0.5) is 4.79 Å². The summed E-state index contributed by atoms with van der Waals surface area (Å²) >= 11 is 0. The van der Waals surface area contributed by atoms with Crippen molar-refractivity contribution in [3.8, 4) is 17.4 Å². The van der Waals surface area contributed by atoms with Gasteiger partial charge in [0, 0.05) is 36.5 Å². The van der Waals surface area contributed by atoms with Gasteiger partial charge in [-0.15, -0.1) is 6.58 Å². The van der Waals surface area contributed by atoms with E-state index in [0.717, 1.165) is 37.7 Å². The van der Waals surface area contributed by atoms with Crippen LogP contribution in [0.15, 0.2) is 30.9 Å². The smallest absolute Gasteiger partial charge is 0.408 e. The van der Waals surface area contributed by atoms with Crippen molar-refractivity contribution in [1.29, 1.82) is 0 Å². The van der Waals surface area contributed by atoms with Gasteiger partial charge in [0.15, 0.2) is 0 Å². The highest BCUT2D eigenvalue weighted by Crippen LogP contribution is 2.46. The minimum absolute atomic E-state index is 0.0215. The summed E-state index contributed by atoms with van der Waals surface area (Å²) in [5, 5.41) is 5.84. The van der Waals surface area contributed by atoms with Crippen molar-refractivity contribution in [3.05, 3.63) is 36.4 Å². The number of sulfonamides is 1. The second-order valence-electron chi connectivity index (χ2n) is 17.1. The Balaban J connectivity index is 1.16. The Kier molecular flexibility index (Phi) is 12.2. The van der Waals surface area contributed by atoms with Crippen LogP contribution in [0.2, 0.25) is 0 Å². The number of carbonyl (C=O) groups excluding carboxylic acids is 4. The number of nitrogens with zero attached hydrogens (tertiary/aromatic N) is 2. The minimum atomic E-state index is -3.92. The van der Waals surface area contributed by atoms with E-state index in [4.69, 9.17) is 28.7 Å². The lowest BCUT2D eigenvalue weighted by molar-refractivity contribution is -0.142. The molecule has 4 amide bonds. The Morgan fingerprint density at radius 3 is 2.53 bits per heavy atom. The molecule has 60 heavy (non-hydrogen) atoms. The third-order valence-electron chi connectivity index (χ3n) is 13.1. The van der Waals surface area contributed by atoms with Gasteiger partial charge in [-0.05, 0) is 88.7 Å². The van der Waals surface area contributed by atoms with Crippen molar-refractivity contribution in [1.82, 2.24) is 25.2 Å². The topological polar surface area (TPSA) is 201 Å². The van der Waals surface area contributed by atoms with E-state index in [-0.39, 0.29) is 31.4 Å². The molecule has 1 aromatic carbocycles. The summed E-state index contributed by atoms with van der Waals surface area (Å²) < 4.78 is 58.6. The van der Waals surface area contributed by atoms with Crippen molar-refractivity contribution in [2.75, 3.05) is 26.9 Å². The zero-order chi connectivity index (χ0) is 42.2. The lowest BCUT2D eigenvalue weighted by Crippen LogP contribution is -2.59. The third kappa shape index (κ3) is 8.74. The quantitative estimate of drug-likeness (QED) is 0.288. The number of benzene rings is 1. The molecule has 1 aromatic heterocycles. The molecule has 5 fully saturated rings. The number of aryl methyl sites for hydroxylation is 1. The molecule has 4 aliphatic carbocycles. The van der Waals surface area contributed by atoms with E-state index in [0.29, 0.717) is 86.4 Å². The first-order valence-electron chi connectivity index (χ1n) is 21.6. The second kappa shape index (κ2) is 17.4. The van der Waals surface area contributed by atoms with Crippen LogP contribution in [0.5, 0.6) is 17.4 Å². The van der Waals surface area contributed by atoms with Crippen molar-refractivity contribution in [2.24, 2.45) is 11.8 Å². The van der Waals surface area contributed by atoms with Gasteiger partial charge in [0.25, 0.3) is 5.91 Å². The SMILES string of the molecule is C=C[C@H]1C[C@@]1(NC(=O)[C@@H]1C[C@@H]2CN1C(=O)[C@H](C1CCCCC1)NC(=O)O[C@H]1CCC[C@@H]1OCCCc1cc3c(cc(OCC)nc3cc1OC)O2)C(=O)NS(=O)(=O)C1CC1. The normalized spacial score (nSPS) is 30.1. The minimum Gasteiger partial charge on any atom is -0.496 e. The predicted molar refractivity (Wildman–Crippen MR) is 219 cm³/mol. The largest absolute Gasteiger partial charge is 0.496 e. The number of pyridine rings is 1. The average molecular weight is 852 g/mol. The molecular weight excluding hydrogens is 795 g/mol. The van der Waals surface area contributed by atoms with Crippen molar-refractivity contribution < 1.29 is 51.3 Å². The van der Waals surface area contributed by atoms with E-state index in [1.807, 2.05) is 19.1 Å². The summed E-state index contributed by atoms with van der Waals surface area (Å²) in [6.45, 7) is 6.44. The number of ether oxygens (including phenoxy) is 5. The van der Waals surface area contributed by atoms with Crippen molar-refractivity contribution >= 4 is 44.7 Å². The molecule has 1 saturated heterocycles. The number of amides is 4. The molecule has 7 atom stereocenters. The van der Waals surface area contributed by atoms with E-state index in [9.17, 15) is 22.8 Å². The number of aromatic nitrogens is 1. The molecule has 6 aliphatic rings. The first kappa shape index (κ1) is 42.1. The van der Waals surface area contributed by atoms with E-state index in [1.165, 1.54) is 11.0 Å². The molecule has 2 aliphatic heterocycles. The highest BCUT2D eigenvalue weighted by Gasteiger charge is 2.62. The predicted octanol–water partition coefficient (Wildman–Crippen LogP) is 4.22. The molecule has 0 radical (unpaired) electrons. The van der Waals surface area contributed by atoms with Crippen LogP contribution < -0.4 is 29.6 Å². The van der Waals surface area contributed by atoms with Crippen LogP contribution in [-0.2, 0) is 40.3 Å². The highest BCUT2D eigenvalue weighted by atomic mass is 32.2. The van der Waals surface area contributed by atoms with Gasteiger partial charge in [-0.25, -0.2) is 18.2 Å². The Morgan fingerprint density at radius 1 is 1.03 bits per heavy atom. The Hall–Kier alpha value is -4.64. The van der Waals surface area contributed by atoms with Gasteiger partial charge in [-0.3, -0.25) is 19.1 Å². The number of alkyl carbamates (subject to hydrolysis) is 1. The molecule has 17 heteroatoms. The number of nitrogens with one attached hydrogen (secondary N) is 3. The van der Waals surface area contributed by atoms with Crippen LogP contribution >= 0.6 is 0 Å². The fraction of sp³-hybridized carbons (Fsp3) is 0.651. The number of hydrogen-bond acceptors (Lipinski definition) is 12. The molecule has 3 heterocycles. The van der Waals surface area contributed by atoms with Gasteiger partial charge in [-0.1, -0.05) is 25.3 Å². The Morgan fingerprint density at radius 2 is 1.82 bits per heavy atom.